The van der Waals surface area contributed by atoms with Gasteiger partial charge in [-0.2, -0.15) is 0 Å². The molecule has 2 aromatic carbocycles. The summed E-state index contributed by atoms with van der Waals surface area (Å²) in [7, 11) is 0. The van der Waals surface area contributed by atoms with Crippen molar-refractivity contribution >= 4 is 11.5 Å². The molecule has 0 aliphatic carbocycles. The van der Waals surface area contributed by atoms with Gasteiger partial charge in [-0.3, -0.25) is 14.9 Å². The normalized spacial score (nSPS) is 10.8. The maximum Gasteiger partial charge on any atom is 0.269 e. The van der Waals surface area contributed by atoms with Crippen molar-refractivity contribution in [1.82, 2.24) is 15.0 Å². The van der Waals surface area contributed by atoms with E-state index in [1.807, 2.05) is 0 Å². The van der Waals surface area contributed by atoms with Gasteiger partial charge in [0.25, 0.3) is 5.69 Å². The van der Waals surface area contributed by atoms with Crippen LogP contribution in [0.15, 0.2) is 54.7 Å². The van der Waals surface area contributed by atoms with Crippen LogP contribution in [-0.2, 0) is 13.2 Å². The summed E-state index contributed by atoms with van der Waals surface area (Å²) in [5.74, 6) is 6.00. The number of benzene rings is 2. The summed E-state index contributed by atoms with van der Waals surface area (Å²) < 4.78 is 7.06. The highest BCUT2D eigenvalue weighted by Gasteiger charge is 2.12. The van der Waals surface area contributed by atoms with Crippen molar-refractivity contribution in [2.24, 2.45) is 0 Å². The van der Waals surface area contributed by atoms with E-state index in [2.05, 4.69) is 22.2 Å². The summed E-state index contributed by atoms with van der Waals surface area (Å²) >= 11 is 0. The molecule has 0 fully saturated rings. The standard InChI is InChI=1S/C22H20N4O5/c1-22(2,28)12-11-16-3-9-20(10-4-16)31-15-18-13-25(24-23-18)14-21(27)17-5-7-19(8-6-17)26(29)30/h3-10,13,28H,14-15H2,1-2H3. The lowest BCUT2D eigenvalue weighted by atomic mass is 10.1. The fraction of sp³-hybridized carbons (Fsp3) is 0.227. The average Bonchev–Trinajstić information content (AvgIpc) is 3.18. The lowest BCUT2D eigenvalue weighted by Gasteiger charge is -2.06. The van der Waals surface area contributed by atoms with Crippen molar-refractivity contribution in [2.75, 3.05) is 0 Å². The molecule has 0 radical (unpaired) electrons. The van der Waals surface area contributed by atoms with Crippen molar-refractivity contribution in [3.05, 3.63) is 81.7 Å². The molecule has 0 amide bonds. The third-order valence-corrected chi connectivity index (χ3v) is 4.05. The molecule has 0 aliphatic heterocycles. The summed E-state index contributed by atoms with van der Waals surface area (Å²) in [6.45, 7) is 3.36. The number of non-ortho nitro benzene ring substituents is 1. The Morgan fingerprint density at radius 3 is 2.48 bits per heavy atom. The van der Waals surface area contributed by atoms with Crippen LogP contribution in [0.2, 0.25) is 0 Å². The molecular weight excluding hydrogens is 400 g/mol. The molecule has 1 heterocycles. The number of hydrogen-bond donors (Lipinski definition) is 1. The van der Waals surface area contributed by atoms with Crippen LogP contribution in [0.1, 0.15) is 35.5 Å². The summed E-state index contributed by atoms with van der Waals surface area (Å²) in [6.07, 6.45) is 1.60. The molecule has 158 valence electrons. The van der Waals surface area contributed by atoms with E-state index in [0.29, 0.717) is 17.0 Å². The van der Waals surface area contributed by atoms with Gasteiger partial charge >= 0.3 is 0 Å². The van der Waals surface area contributed by atoms with Crippen LogP contribution in [0, 0.1) is 22.0 Å². The Morgan fingerprint density at radius 1 is 1.19 bits per heavy atom. The second-order valence-corrected chi connectivity index (χ2v) is 7.26. The zero-order valence-corrected chi connectivity index (χ0v) is 17.0. The molecule has 1 aromatic heterocycles. The largest absolute Gasteiger partial charge is 0.487 e. The maximum atomic E-state index is 12.3. The maximum absolute atomic E-state index is 12.3. The van der Waals surface area contributed by atoms with Crippen molar-refractivity contribution < 1.29 is 19.6 Å². The number of ether oxygens (including phenoxy) is 1. The predicted octanol–water partition coefficient (Wildman–Crippen LogP) is 2.77. The lowest BCUT2D eigenvalue weighted by Crippen LogP contribution is -2.14. The topological polar surface area (TPSA) is 120 Å². The van der Waals surface area contributed by atoms with Gasteiger partial charge in [-0.1, -0.05) is 17.1 Å². The van der Waals surface area contributed by atoms with Crippen molar-refractivity contribution in [3.63, 3.8) is 0 Å². The molecule has 3 rings (SSSR count). The molecule has 0 saturated carbocycles. The molecule has 0 bridgehead atoms. The highest BCUT2D eigenvalue weighted by molar-refractivity contribution is 5.96. The first kappa shape index (κ1) is 21.7. The van der Waals surface area contributed by atoms with E-state index in [4.69, 9.17) is 4.74 Å². The number of Topliss-reactive ketones (excluding diaryl/α,β-unsaturated/α-hetero) is 1. The fourth-order valence-corrected chi connectivity index (χ4v) is 2.51. The van der Waals surface area contributed by atoms with E-state index in [1.165, 1.54) is 28.9 Å². The molecule has 3 aromatic rings. The lowest BCUT2D eigenvalue weighted by molar-refractivity contribution is -0.384. The summed E-state index contributed by atoms with van der Waals surface area (Å²) in [5.41, 5.74) is 0.522. The van der Waals surface area contributed by atoms with Gasteiger partial charge in [0, 0.05) is 23.3 Å². The molecule has 1 N–H and O–H groups in total. The van der Waals surface area contributed by atoms with Gasteiger partial charge in [0.15, 0.2) is 5.78 Å². The SMILES string of the molecule is CC(C)(O)C#Cc1ccc(OCc2cn(CC(=O)c3ccc([N+](=O)[O-])cc3)nn2)cc1. The first-order chi connectivity index (χ1) is 14.7. The van der Waals surface area contributed by atoms with Gasteiger partial charge in [0.2, 0.25) is 0 Å². The molecule has 0 saturated heterocycles. The van der Waals surface area contributed by atoms with Crippen molar-refractivity contribution in [3.8, 4) is 17.6 Å². The van der Waals surface area contributed by atoms with Crippen LogP contribution in [0.4, 0.5) is 5.69 Å². The number of nitro groups is 1. The monoisotopic (exact) mass is 420 g/mol. The highest BCUT2D eigenvalue weighted by Crippen LogP contribution is 2.15. The Balaban J connectivity index is 1.54. The summed E-state index contributed by atoms with van der Waals surface area (Å²) in [5, 5.41) is 28.2. The number of aromatic nitrogens is 3. The van der Waals surface area contributed by atoms with Gasteiger partial charge in [-0.25, -0.2) is 4.68 Å². The highest BCUT2D eigenvalue weighted by atomic mass is 16.6. The minimum absolute atomic E-state index is 0.0423. The van der Waals surface area contributed by atoms with Gasteiger partial charge in [-0.15, -0.1) is 5.10 Å². The molecular formula is C22H20N4O5. The number of aliphatic hydroxyl groups is 1. The van der Waals surface area contributed by atoms with Crippen LogP contribution in [-0.4, -0.2) is 36.4 Å². The Bertz CT molecular complexity index is 1130. The summed E-state index contributed by atoms with van der Waals surface area (Å²) in [6, 6.07) is 12.5. The van der Waals surface area contributed by atoms with E-state index >= 15 is 0 Å². The van der Waals surface area contributed by atoms with Crippen LogP contribution < -0.4 is 4.74 Å². The minimum atomic E-state index is -1.05. The number of rotatable bonds is 7. The molecule has 0 atom stereocenters. The molecule has 31 heavy (non-hydrogen) atoms. The van der Waals surface area contributed by atoms with E-state index in [9.17, 15) is 20.0 Å². The van der Waals surface area contributed by atoms with Gasteiger partial charge < -0.3 is 9.84 Å². The number of hydrogen-bond acceptors (Lipinski definition) is 7. The van der Waals surface area contributed by atoms with E-state index in [-0.39, 0.29) is 24.6 Å². The van der Waals surface area contributed by atoms with Crippen LogP contribution >= 0.6 is 0 Å². The Morgan fingerprint density at radius 2 is 1.87 bits per heavy atom. The first-order valence-electron chi connectivity index (χ1n) is 9.35. The molecule has 9 heteroatoms. The Kier molecular flexibility index (Phi) is 6.43. The van der Waals surface area contributed by atoms with Gasteiger partial charge in [-0.05, 0) is 50.2 Å². The van der Waals surface area contributed by atoms with E-state index in [1.54, 1.807) is 44.3 Å². The molecule has 0 unspecified atom stereocenters. The number of ketones is 1. The second-order valence-electron chi connectivity index (χ2n) is 7.26. The average molecular weight is 420 g/mol. The van der Waals surface area contributed by atoms with E-state index in [0.717, 1.165) is 5.56 Å². The zero-order chi connectivity index (χ0) is 22.4. The van der Waals surface area contributed by atoms with E-state index < -0.39 is 10.5 Å². The summed E-state index contributed by atoms with van der Waals surface area (Å²) in [4.78, 5) is 22.5. The second kappa shape index (κ2) is 9.19. The van der Waals surface area contributed by atoms with Crippen molar-refractivity contribution in [1.29, 1.82) is 0 Å². The third kappa shape index (κ3) is 6.48. The van der Waals surface area contributed by atoms with Crippen LogP contribution in [0.5, 0.6) is 5.75 Å². The smallest absolute Gasteiger partial charge is 0.269 e. The quantitative estimate of drug-likeness (QED) is 0.270. The zero-order valence-electron chi connectivity index (χ0n) is 17.0. The number of carbonyl (C=O) groups is 1. The van der Waals surface area contributed by atoms with Gasteiger partial charge in [0.1, 0.15) is 30.2 Å². The third-order valence-electron chi connectivity index (χ3n) is 4.05. The Hall–Kier alpha value is -4.03. The number of nitrogens with zero attached hydrogens (tertiary/aromatic N) is 4. The number of carbonyl (C=O) groups excluding carboxylic acids is 1. The Labute approximate surface area is 178 Å². The predicted molar refractivity (Wildman–Crippen MR) is 111 cm³/mol. The molecule has 9 nitrogen and oxygen atoms in total. The molecule has 0 aliphatic rings. The van der Waals surface area contributed by atoms with Crippen LogP contribution in [0.25, 0.3) is 0 Å². The van der Waals surface area contributed by atoms with Crippen LogP contribution in [0.3, 0.4) is 0 Å². The van der Waals surface area contributed by atoms with Crippen molar-refractivity contribution in [2.45, 2.75) is 32.6 Å². The van der Waals surface area contributed by atoms with Gasteiger partial charge in [0.05, 0.1) is 11.1 Å². The molecule has 0 spiro atoms. The minimum Gasteiger partial charge on any atom is -0.487 e. The number of nitro benzene ring substituents is 1. The fourth-order valence-electron chi connectivity index (χ4n) is 2.51. The first-order valence-corrected chi connectivity index (χ1v) is 9.35.